The number of hydrogen-bond acceptors (Lipinski definition) is 2. The highest BCUT2D eigenvalue weighted by atomic mass is 16.5. The average molecular weight is 295 g/mol. The molecule has 0 radical (unpaired) electrons. The summed E-state index contributed by atoms with van der Waals surface area (Å²) in [6.07, 6.45) is 3.74. The molecule has 1 fully saturated rings. The van der Waals surface area contributed by atoms with Crippen LogP contribution in [0.5, 0.6) is 5.75 Å². The van der Waals surface area contributed by atoms with Crippen molar-refractivity contribution in [3.8, 4) is 5.75 Å². The molecular weight excluding hydrogens is 270 g/mol. The molecule has 1 aliphatic carbocycles. The summed E-state index contributed by atoms with van der Waals surface area (Å²) in [5.41, 5.74) is 2.65. The van der Waals surface area contributed by atoms with Crippen LogP contribution >= 0.6 is 0 Å². The number of hydrogen-bond donors (Lipinski definition) is 1. The van der Waals surface area contributed by atoms with Gasteiger partial charge in [-0.3, -0.25) is 0 Å². The topological polar surface area (TPSA) is 21.3 Å². The summed E-state index contributed by atoms with van der Waals surface area (Å²) in [7, 11) is 0. The van der Waals surface area contributed by atoms with Gasteiger partial charge in [-0.25, -0.2) is 0 Å². The van der Waals surface area contributed by atoms with E-state index < -0.39 is 0 Å². The molecule has 0 bridgehead atoms. The summed E-state index contributed by atoms with van der Waals surface area (Å²) in [5, 5.41) is 3.60. The van der Waals surface area contributed by atoms with Gasteiger partial charge in [-0.1, -0.05) is 42.5 Å². The van der Waals surface area contributed by atoms with Crippen molar-refractivity contribution in [2.75, 3.05) is 13.2 Å². The van der Waals surface area contributed by atoms with E-state index in [-0.39, 0.29) is 0 Å². The lowest BCUT2D eigenvalue weighted by atomic mass is 10.1. The van der Waals surface area contributed by atoms with Crippen molar-refractivity contribution in [1.29, 1.82) is 0 Å². The molecule has 2 nitrogen and oxygen atoms in total. The summed E-state index contributed by atoms with van der Waals surface area (Å²) in [4.78, 5) is 0. The molecule has 22 heavy (non-hydrogen) atoms. The zero-order valence-corrected chi connectivity index (χ0v) is 13.3. The van der Waals surface area contributed by atoms with Gasteiger partial charge in [0.05, 0.1) is 6.61 Å². The number of rotatable bonds is 8. The minimum atomic E-state index is 0.416. The maximum absolute atomic E-state index is 5.83. The summed E-state index contributed by atoms with van der Waals surface area (Å²) >= 11 is 0. The zero-order valence-electron chi connectivity index (χ0n) is 13.3. The lowest BCUT2D eigenvalue weighted by molar-refractivity contribution is 0.322. The molecule has 0 spiro atoms. The molecule has 116 valence electrons. The third kappa shape index (κ3) is 4.60. The molecule has 0 aromatic heterocycles. The first-order chi connectivity index (χ1) is 10.8. The van der Waals surface area contributed by atoms with E-state index >= 15 is 0 Å². The van der Waals surface area contributed by atoms with Crippen LogP contribution in [0.15, 0.2) is 54.6 Å². The van der Waals surface area contributed by atoms with E-state index in [1.54, 1.807) is 0 Å². The van der Waals surface area contributed by atoms with Crippen LogP contribution in [0.3, 0.4) is 0 Å². The van der Waals surface area contributed by atoms with E-state index in [0.29, 0.717) is 6.04 Å². The van der Waals surface area contributed by atoms with Crippen LogP contribution in [0, 0.1) is 5.92 Å². The van der Waals surface area contributed by atoms with Crippen LogP contribution in [0.2, 0.25) is 0 Å². The van der Waals surface area contributed by atoms with Gasteiger partial charge in [0.2, 0.25) is 0 Å². The van der Waals surface area contributed by atoms with Gasteiger partial charge in [-0.2, -0.15) is 0 Å². The second-order valence-electron chi connectivity index (χ2n) is 6.23. The van der Waals surface area contributed by atoms with Crippen LogP contribution in [0.4, 0.5) is 0 Å². The van der Waals surface area contributed by atoms with Gasteiger partial charge in [0.1, 0.15) is 5.75 Å². The van der Waals surface area contributed by atoms with Crippen molar-refractivity contribution in [2.24, 2.45) is 5.92 Å². The van der Waals surface area contributed by atoms with Gasteiger partial charge in [0.25, 0.3) is 0 Å². The normalized spacial score (nSPS) is 15.5. The second-order valence-corrected chi connectivity index (χ2v) is 6.23. The van der Waals surface area contributed by atoms with Crippen LogP contribution in [-0.4, -0.2) is 13.2 Å². The number of nitrogens with one attached hydrogen (secondary N) is 1. The van der Waals surface area contributed by atoms with E-state index in [9.17, 15) is 0 Å². The predicted octanol–water partition coefficient (Wildman–Crippen LogP) is 4.37. The maximum Gasteiger partial charge on any atom is 0.119 e. The predicted molar refractivity (Wildman–Crippen MR) is 91.2 cm³/mol. The van der Waals surface area contributed by atoms with Gasteiger partial charge in [0.15, 0.2) is 0 Å². The van der Waals surface area contributed by atoms with Crippen molar-refractivity contribution in [3.05, 3.63) is 65.7 Å². The molecule has 1 atom stereocenters. The molecule has 2 aromatic rings. The van der Waals surface area contributed by atoms with Gasteiger partial charge < -0.3 is 10.1 Å². The van der Waals surface area contributed by atoms with Gasteiger partial charge in [-0.15, -0.1) is 0 Å². The van der Waals surface area contributed by atoms with Gasteiger partial charge in [-0.05, 0) is 55.5 Å². The Balaban J connectivity index is 1.44. The van der Waals surface area contributed by atoms with E-state index in [0.717, 1.165) is 31.2 Å². The fourth-order valence-electron chi connectivity index (χ4n) is 2.57. The molecule has 1 aliphatic rings. The molecular formula is C20H25NO. The number of ether oxygens (including phenoxy) is 1. The molecule has 0 heterocycles. The van der Waals surface area contributed by atoms with E-state index in [4.69, 9.17) is 4.74 Å². The first kappa shape index (κ1) is 15.1. The largest absolute Gasteiger partial charge is 0.493 e. The Morgan fingerprint density at radius 2 is 1.77 bits per heavy atom. The third-order valence-corrected chi connectivity index (χ3v) is 4.29. The molecule has 0 saturated heterocycles. The van der Waals surface area contributed by atoms with E-state index in [1.807, 2.05) is 6.07 Å². The Kier molecular flexibility index (Phi) is 5.12. The van der Waals surface area contributed by atoms with Crippen LogP contribution < -0.4 is 10.1 Å². The molecule has 2 aromatic carbocycles. The van der Waals surface area contributed by atoms with Crippen molar-refractivity contribution in [3.63, 3.8) is 0 Å². The number of benzene rings is 2. The van der Waals surface area contributed by atoms with Crippen molar-refractivity contribution >= 4 is 0 Å². The fourth-order valence-corrected chi connectivity index (χ4v) is 2.57. The minimum Gasteiger partial charge on any atom is -0.493 e. The Labute approximate surface area is 133 Å². The monoisotopic (exact) mass is 295 g/mol. The van der Waals surface area contributed by atoms with Crippen LogP contribution in [0.25, 0.3) is 0 Å². The van der Waals surface area contributed by atoms with Gasteiger partial charge in [0, 0.05) is 12.5 Å². The van der Waals surface area contributed by atoms with E-state index in [2.05, 4.69) is 60.8 Å². The summed E-state index contributed by atoms with van der Waals surface area (Å²) in [6, 6.07) is 19.4. The third-order valence-electron chi connectivity index (χ3n) is 4.29. The molecule has 2 heteroatoms. The second kappa shape index (κ2) is 7.46. The first-order valence-corrected chi connectivity index (χ1v) is 8.31. The van der Waals surface area contributed by atoms with E-state index in [1.165, 1.54) is 24.0 Å². The Hall–Kier alpha value is -1.80. The minimum absolute atomic E-state index is 0.416. The lowest BCUT2D eigenvalue weighted by Crippen LogP contribution is -2.20. The maximum atomic E-state index is 5.83. The SMILES string of the molecule is CC(NCC1CC1)c1ccc(OCCc2ccccc2)cc1. The summed E-state index contributed by atoms with van der Waals surface area (Å²) in [6.45, 7) is 4.10. The lowest BCUT2D eigenvalue weighted by Gasteiger charge is -2.14. The summed E-state index contributed by atoms with van der Waals surface area (Å²) in [5.74, 6) is 1.87. The highest BCUT2D eigenvalue weighted by Gasteiger charge is 2.21. The molecule has 3 rings (SSSR count). The average Bonchev–Trinajstić information content (AvgIpc) is 3.39. The smallest absolute Gasteiger partial charge is 0.119 e. The highest BCUT2D eigenvalue weighted by Crippen LogP contribution is 2.28. The molecule has 0 amide bonds. The Bertz CT molecular complexity index is 560. The molecule has 1 unspecified atom stereocenters. The Morgan fingerprint density at radius 1 is 1.05 bits per heavy atom. The van der Waals surface area contributed by atoms with Crippen LogP contribution in [0.1, 0.15) is 36.9 Å². The van der Waals surface area contributed by atoms with Crippen LogP contribution in [-0.2, 0) is 6.42 Å². The fraction of sp³-hybridized carbons (Fsp3) is 0.400. The quantitative estimate of drug-likeness (QED) is 0.781. The van der Waals surface area contributed by atoms with Crippen molar-refractivity contribution in [1.82, 2.24) is 5.32 Å². The molecule has 1 N–H and O–H groups in total. The first-order valence-electron chi connectivity index (χ1n) is 8.31. The highest BCUT2D eigenvalue weighted by molar-refractivity contribution is 5.29. The van der Waals surface area contributed by atoms with Gasteiger partial charge >= 0.3 is 0 Å². The summed E-state index contributed by atoms with van der Waals surface area (Å²) < 4.78 is 5.83. The zero-order chi connectivity index (χ0) is 15.2. The van der Waals surface area contributed by atoms with Crippen molar-refractivity contribution < 1.29 is 4.74 Å². The molecule has 0 aliphatic heterocycles. The standard InChI is InChI=1S/C20H25NO/c1-16(21-15-18-7-8-18)19-9-11-20(12-10-19)22-14-13-17-5-3-2-4-6-17/h2-6,9-12,16,18,21H,7-8,13-15H2,1H3. The molecule has 1 saturated carbocycles. The Morgan fingerprint density at radius 3 is 2.45 bits per heavy atom. The van der Waals surface area contributed by atoms with Crippen molar-refractivity contribution in [2.45, 2.75) is 32.2 Å².